The average Bonchev–Trinajstić information content (AvgIpc) is 3.49. The van der Waals surface area contributed by atoms with Gasteiger partial charge in [-0.3, -0.25) is 9.62 Å². The van der Waals surface area contributed by atoms with E-state index in [0.29, 0.717) is 13.1 Å². The van der Waals surface area contributed by atoms with Gasteiger partial charge >= 0.3 is 6.03 Å². The molecule has 1 heterocycles. The minimum absolute atomic E-state index is 0.0160. The molecule has 0 unspecified atom stereocenters. The number of amides is 2. The van der Waals surface area contributed by atoms with Gasteiger partial charge in [0.1, 0.15) is 0 Å². The smallest absolute Gasteiger partial charge is 0.322 e. The molecule has 6 heteroatoms. The van der Waals surface area contributed by atoms with Crippen molar-refractivity contribution in [2.45, 2.75) is 56.0 Å². The molecule has 0 atom stereocenters. The molecule has 1 fully saturated rings. The highest BCUT2D eigenvalue weighted by Crippen LogP contribution is 2.51. The van der Waals surface area contributed by atoms with Gasteiger partial charge in [-0.2, -0.15) is 0 Å². The number of hydrogen-bond acceptors (Lipinski definition) is 4. The highest BCUT2D eigenvalue weighted by atomic mass is 32.2. The number of nitrogens with zero attached hydrogens (tertiary/aromatic N) is 1. The quantitative estimate of drug-likeness (QED) is 0.380. The van der Waals surface area contributed by atoms with Crippen molar-refractivity contribution >= 4 is 23.7 Å². The molecule has 182 valence electrons. The summed E-state index contributed by atoms with van der Waals surface area (Å²) in [4.78, 5) is 16.5. The van der Waals surface area contributed by atoms with E-state index in [0.717, 1.165) is 41.1 Å². The van der Waals surface area contributed by atoms with Crippen LogP contribution in [0.5, 0.6) is 0 Å². The summed E-state index contributed by atoms with van der Waals surface area (Å²) in [5, 5.41) is 3.16. The zero-order valence-corrected chi connectivity index (χ0v) is 21.4. The summed E-state index contributed by atoms with van der Waals surface area (Å²) in [6, 6.07) is 21.4. The zero-order valence-electron chi connectivity index (χ0n) is 20.6. The number of urea groups is 1. The normalized spacial score (nSPS) is 16.0. The van der Waals surface area contributed by atoms with E-state index in [1.165, 1.54) is 35.1 Å². The Hall–Kier alpha value is -2.80. The van der Waals surface area contributed by atoms with Crippen LogP contribution in [-0.4, -0.2) is 19.6 Å². The van der Waals surface area contributed by atoms with Crippen LogP contribution in [0.25, 0.3) is 11.1 Å². The van der Waals surface area contributed by atoms with E-state index in [2.05, 4.69) is 77.6 Å². The van der Waals surface area contributed by atoms with Crippen molar-refractivity contribution in [3.63, 3.8) is 0 Å². The summed E-state index contributed by atoms with van der Waals surface area (Å²) in [6.45, 7) is 3.97. The lowest BCUT2D eigenvalue weighted by Crippen LogP contribution is -2.41. The lowest BCUT2D eigenvalue weighted by Gasteiger charge is -2.25. The van der Waals surface area contributed by atoms with Crippen LogP contribution in [0.2, 0.25) is 0 Å². The molecule has 1 saturated carbocycles. The Morgan fingerprint density at radius 3 is 2.49 bits per heavy atom. The largest absolute Gasteiger partial charge is 0.334 e. The highest BCUT2D eigenvalue weighted by molar-refractivity contribution is 7.97. The first-order valence-electron chi connectivity index (χ1n) is 12.5. The van der Waals surface area contributed by atoms with Crippen molar-refractivity contribution in [1.29, 1.82) is 0 Å². The fourth-order valence-corrected chi connectivity index (χ4v) is 6.18. The number of carbonyl (C=O) groups is 1. The maximum absolute atomic E-state index is 13.4. The van der Waals surface area contributed by atoms with Gasteiger partial charge in [0, 0.05) is 35.6 Å². The van der Waals surface area contributed by atoms with Crippen LogP contribution in [0.1, 0.15) is 47.9 Å². The summed E-state index contributed by atoms with van der Waals surface area (Å²) >= 11 is 1.58. The third-order valence-corrected chi connectivity index (χ3v) is 8.27. The number of benzene rings is 3. The van der Waals surface area contributed by atoms with Crippen LogP contribution in [0.15, 0.2) is 65.6 Å². The Balaban J connectivity index is 1.40. The van der Waals surface area contributed by atoms with Crippen LogP contribution in [0.4, 0.5) is 10.5 Å². The fraction of sp³-hybridized carbons (Fsp3) is 0.345. The Kier molecular flexibility index (Phi) is 6.87. The lowest BCUT2D eigenvalue weighted by atomic mass is 9.79. The van der Waals surface area contributed by atoms with Gasteiger partial charge in [-0.05, 0) is 102 Å². The summed E-state index contributed by atoms with van der Waals surface area (Å²) < 4.78 is 3.08. The second-order valence-electron chi connectivity index (χ2n) is 9.77. The summed E-state index contributed by atoms with van der Waals surface area (Å²) in [5.41, 5.74) is 14.3. The predicted molar refractivity (Wildman–Crippen MR) is 146 cm³/mol. The molecule has 1 aliphatic heterocycles. The van der Waals surface area contributed by atoms with Crippen LogP contribution < -0.4 is 20.7 Å². The van der Waals surface area contributed by atoms with E-state index in [1.54, 1.807) is 11.9 Å². The van der Waals surface area contributed by atoms with Crippen LogP contribution in [0.3, 0.4) is 0 Å². The molecule has 4 N–H and O–H groups in total. The van der Waals surface area contributed by atoms with Crippen molar-refractivity contribution in [3.05, 3.63) is 82.9 Å². The third-order valence-electron chi connectivity index (χ3n) is 7.56. The van der Waals surface area contributed by atoms with Crippen LogP contribution >= 0.6 is 11.9 Å². The first-order chi connectivity index (χ1) is 17.0. The van der Waals surface area contributed by atoms with Gasteiger partial charge in [0.05, 0.1) is 0 Å². The van der Waals surface area contributed by atoms with Gasteiger partial charge in [0.15, 0.2) is 0 Å². The van der Waals surface area contributed by atoms with Gasteiger partial charge in [-0.1, -0.05) is 43.2 Å². The van der Waals surface area contributed by atoms with E-state index < -0.39 is 0 Å². The molecule has 1 spiro atoms. The Bertz CT molecular complexity index is 1220. The molecular weight excluding hydrogens is 452 g/mol. The summed E-state index contributed by atoms with van der Waals surface area (Å²) in [7, 11) is 1.91. The molecule has 0 aromatic heterocycles. The number of fused-ring (bicyclic) bond motifs is 2. The van der Waals surface area contributed by atoms with Crippen molar-refractivity contribution in [1.82, 2.24) is 10.0 Å². The first-order valence-corrected chi connectivity index (χ1v) is 13.3. The standard InChI is InChI=1S/C29H34N4OS/c1-20-5-6-22(17-30)15-25(20)23-9-12-27-26(16-23)29(13-3-4-14-29)19-33(27)28(34)32-18-21-7-10-24(11-8-21)35-31-2/h5-12,15-16,31H,3-4,13-14,17-19,30H2,1-2H3,(H,32,34). The van der Waals surface area contributed by atoms with E-state index in [1.807, 2.05) is 11.9 Å². The topological polar surface area (TPSA) is 70.4 Å². The van der Waals surface area contributed by atoms with Gasteiger partial charge < -0.3 is 11.1 Å². The minimum atomic E-state index is -0.0160. The molecular formula is C29H34N4OS. The molecule has 3 aromatic carbocycles. The van der Waals surface area contributed by atoms with Crippen LogP contribution in [0, 0.1) is 6.92 Å². The molecule has 5 nitrogen and oxygen atoms in total. The molecule has 1 aliphatic carbocycles. The first kappa shape index (κ1) is 23.9. The minimum Gasteiger partial charge on any atom is -0.334 e. The molecule has 2 aliphatic rings. The number of rotatable bonds is 6. The zero-order chi connectivity index (χ0) is 24.4. The summed E-state index contributed by atoms with van der Waals surface area (Å²) in [6.07, 6.45) is 4.72. The summed E-state index contributed by atoms with van der Waals surface area (Å²) in [5.74, 6) is 0. The van der Waals surface area contributed by atoms with E-state index in [9.17, 15) is 4.79 Å². The molecule has 0 radical (unpaired) electrons. The van der Waals surface area contributed by atoms with Gasteiger partial charge in [0.2, 0.25) is 0 Å². The maximum atomic E-state index is 13.4. The van der Waals surface area contributed by atoms with Crippen molar-refractivity contribution < 1.29 is 4.79 Å². The van der Waals surface area contributed by atoms with E-state index in [-0.39, 0.29) is 11.4 Å². The van der Waals surface area contributed by atoms with Gasteiger partial charge in [-0.25, -0.2) is 4.79 Å². The average molecular weight is 487 g/mol. The van der Waals surface area contributed by atoms with E-state index in [4.69, 9.17) is 5.73 Å². The number of anilines is 1. The molecule has 2 amide bonds. The number of carbonyl (C=O) groups excluding carboxylic acids is 1. The predicted octanol–water partition coefficient (Wildman–Crippen LogP) is 5.89. The molecule has 3 aromatic rings. The molecule has 5 rings (SSSR count). The Labute approximate surface area is 212 Å². The number of nitrogens with one attached hydrogen (secondary N) is 2. The number of aryl methyl sites for hydroxylation is 1. The number of hydrogen-bond donors (Lipinski definition) is 3. The lowest BCUT2D eigenvalue weighted by molar-refractivity contribution is 0.245. The van der Waals surface area contributed by atoms with Gasteiger partial charge in [0.25, 0.3) is 0 Å². The monoisotopic (exact) mass is 486 g/mol. The fourth-order valence-electron chi connectivity index (χ4n) is 5.67. The SMILES string of the molecule is CNSc1ccc(CNC(=O)N2CC3(CCCC3)c3cc(-c4cc(CN)ccc4C)ccc32)cc1. The maximum Gasteiger partial charge on any atom is 0.322 e. The second-order valence-corrected chi connectivity index (χ2v) is 10.9. The molecule has 0 saturated heterocycles. The third kappa shape index (κ3) is 4.70. The molecule has 0 bridgehead atoms. The second kappa shape index (κ2) is 10.1. The Morgan fingerprint density at radius 2 is 1.77 bits per heavy atom. The van der Waals surface area contributed by atoms with Gasteiger partial charge in [-0.15, -0.1) is 0 Å². The van der Waals surface area contributed by atoms with Crippen molar-refractivity contribution in [2.75, 3.05) is 18.5 Å². The van der Waals surface area contributed by atoms with Crippen molar-refractivity contribution in [2.24, 2.45) is 5.73 Å². The van der Waals surface area contributed by atoms with E-state index >= 15 is 0 Å². The Morgan fingerprint density at radius 1 is 1.03 bits per heavy atom. The van der Waals surface area contributed by atoms with Crippen LogP contribution in [-0.2, 0) is 18.5 Å². The van der Waals surface area contributed by atoms with Crippen molar-refractivity contribution in [3.8, 4) is 11.1 Å². The molecule has 35 heavy (non-hydrogen) atoms. The number of nitrogens with two attached hydrogens (primary N) is 1. The highest BCUT2D eigenvalue weighted by Gasteiger charge is 2.46.